The van der Waals surface area contributed by atoms with Crippen molar-refractivity contribution in [3.05, 3.63) is 98.8 Å². The van der Waals surface area contributed by atoms with Crippen LogP contribution in [0, 0.1) is 6.92 Å². The highest BCUT2D eigenvalue weighted by atomic mass is 35.5. The molecule has 0 aliphatic carbocycles. The molecule has 0 saturated heterocycles. The Hall–Kier alpha value is -3.09. The maximum atomic E-state index is 13.5. The highest BCUT2D eigenvalue weighted by Gasteiger charge is 2.16. The van der Waals surface area contributed by atoms with Crippen molar-refractivity contribution in [1.29, 1.82) is 0 Å². The highest BCUT2D eigenvalue weighted by molar-refractivity contribution is 7.99. The summed E-state index contributed by atoms with van der Waals surface area (Å²) in [6.45, 7) is 6.81. The number of aromatic nitrogens is 2. The largest absolute Gasteiger partial charge is 0.351 e. The third kappa shape index (κ3) is 5.95. The first-order chi connectivity index (χ1) is 16.9. The fraction of sp³-hybridized carbons (Fsp3) is 0.250. The van der Waals surface area contributed by atoms with Gasteiger partial charge in [0.15, 0.2) is 5.16 Å². The lowest BCUT2D eigenvalue weighted by Gasteiger charge is -2.15. The Kier molecular flexibility index (Phi) is 7.93. The molecule has 0 saturated carbocycles. The minimum atomic E-state index is -0.189. The number of hydrogen-bond donors (Lipinski definition) is 1. The van der Waals surface area contributed by atoms with E-state index < -0.39 is 0 Å². The zero-order valence-corrected chi connectivity index (χ0v) is 21.6. The molecular formula is C28H28ClN3O2S. The van der Waals surface area contributed by atoms with Crippen LogP contribution in [0.2, 0.25) is 5.02 Å². The molecule has 180 valence electrons. The number of nitrogens with one attached hydrogen (secondary N) is 1. The van der Waals surface area contributed by atoms with E-state index in [2.05, 4.69) is 19.2 Å². The molecule has 0 fully saturated rings. The Bertz CT molecular complexity index is 1400. The molecule has 4 rings (SSSR count). The number of halogens is 1. The standard InChI is InChI=1S/C28H28ClN3O2S/c1-4-19(3)21-9-12-23(13-10-21)32-27(34)24-14-11-22(29)15-25(24)31-28(32)35-17-26(33)30-16-20-7-5-18(2)6-8-20/h5-15,19H,4,16-17H2,1-3H3,(H,30,33). The molecule has 1 unspecified atom stereocenters. The van der Waals surface area contributed by atoms with E-state index in [9.17, 15) is 9.59 Å². The van der Waals surface area contributed by atoms with Gasteiger partial charge >= 0.3 is 0 Å². The van der Waals surface area contributed by atoms with Gasteiger partial charge in [0.1, 0.15) is 0 Å². The minimum absolute atomic E-state index is 0.130. The third-order valence-corrected chi connectivity index (χ3v) is 7.25. The van der Waals surface area contributed by atoms with Crippen molar-refractivity contribution in [2.45, 2.75) is 44.8 Å². The molecule has 35 heavy (non-hydrogen) atoms. The fourth-order valence-electron chi connectivity index (χ4n) is 3.74. The molecule has 1 amide bonds. The van der Waals surface area contributed by atoms with Crippen molar-refractivity contribution in [3.63, 3.8) is 0 Å². The Labute approximate surface area is 214 Å². The third-order valence-electron chi connectivity index (χ3n) is 6.08. The van der Waals surface area contributed by atoms with E-state index in [0.717, 1.165) is 12.0 Å². The van der Waals surface area contributed by atoms with Gasteiger partial charge in [-0.25, -0.2) is 4.98 Å². The van der Waals surface area contributed by atoms with E-state index in [1.807, 2.05) is 55.5 Å². The molecule has 0 aliphatic heterocycles. The van der Waals surface area contributed by atoms with Gasteiger partial charge in [0, 0.05) is 11.6 Å². The van der Waals surface area contributed by atoms with Crippen molar-refractivity contribution in [3.8, 4) is 5.69 Å². The Morgan fingerprint density at radius 3 is 2.49 bits per heavy atom. The van der Waals surface area contributed by atoms with Gasteiger partial charge < -0.3 is 5.32 Å². The van der Waals surface area contributed by atoms with Gasteiger partial charge in [-0.1, -0.05) is 79.2 Å². The van der Waals surface area contributed by atoms with Gasteiger partial charge in [0.25, 0.3) is 5.56 Å². The molecule has 1 heterocycles. The summed E-state index contributed by atoms with van der Waals surface area (Å²) in [4.78, 5) is 30.8. The van der Waals surface area contributed by atoms with Crippen LogP contribution >= 0.6 is 23.4 Å². The average molecular weight is 506 g/mol. The van der Waals surface area contributed by atoms with Crippen LogP contribution < -0.4 is 10.9 Å². The number of aryl methyl sites for hydroxylation is 1. The minimum Gasteiger partial charge on any atom is -0.351 e. The molecule has 0 spiro atoms. The smallest absolute Gasteiger partial charge is 0.266 e. The normalized spacial score (nSPS) is 12.0. The van der Waals surface area contributed by atoms with E-state index in [-0.39, 0.29) is 17.2 Å². The van der Waals surface area contributed by atoms with Crippen LogP contribution in [-0.4, -0.2) is 21.2 Å². The molecule has 0 bridgehead atoms. The van der Waals surface area contributed by atoms with Gasteiger partial charge in [-0.05, 0) is 60.7 Å². The molecule has 1 aromatic heterocycles. The predicted octanol–water partition coefficient (Wildman–Crippen LogP) is 6.27. The molecule has 5 nitrogen and oxygen atoms in total. The number of hydrogen-bond acceptors (Lipinski definition) is 4. The molecular weight excluding hydrogens is 478 g/mol. The van der Waals surface area contributed by atoms with Crippen LogP contribution in [0.1, 0.15) is 42.9 Å². The summed E-state index contributed by atoms with van der Waals surface area (Å²) in [6.07, 6.45) is 1.04. The lowest BCUT2D eigenvalue weighted by Crippen LogP contribution is -2.26. The van der Waals surface area contributed by atoms with Crippen molar-refractivity contribution in [2.24, 2.45) is 0 Å². The van der Waals surface area contributed by atoms with E-state index in [1.165, 1.54) is 22.9 Å². The molecule has 0 aliphatic rings. The second-order valence-corrected chi connectivity index (χ2v) is 10.0. The predicted molar refractivity (Wildman–Crippen MR) is 145 cm³/mol. The summed E-state index contributed by atoms with van der Waals surface area (Å²) in [7, 11) is 0. The molecule has 0 radical (unpaired) electrons. The quantitative estimate of drug-likeness (QED) is 0.226. The molecule has 4 aromatic rings. The summed E-state index contributed by atoms with van der Waals surface area (Å²) < 4.78 is 1.58. The summed E-state index contributed by atoms with van der Waals surface area (Å²) >= 11 is 7.39. The molecule has 1 atom stereocenters. The summed E-state index contributed by atoms with van der Waals surface area (Å²) in [5, 5.41) is 4.38. The van der Waals surface area contributed by atoms with E-state index in [4.69, 9.17) is 16.6 Å². The van der Waals surface area contributed by atoms with E-state index in [0.29, 0.717) is 39.2 Å². The zero-order valence-electron chi connectivity index (χ0n) is 20.0. The van der Waals surface area contributed by atoms with Crippen LogP contribution in [0.5, 0.6) is 0 Å². The number of carbonyl (C=O) groups is 1. The van der Waals surface area contributed by atoms with Gasteiger partial charge in [0.2, 0.25) is 5.91 Å². The lowest BCUT2D eigenvalue weighted by atomic mass is 9.98. The fourth-order valence-corrected chi connectivity index (χ4v) is 4.75. The van der Waals surface area contributed by atoms with Crippen LogP contribution in [0.4, 0.5) is 0 Å². The average Bonchev–Trinajstić information content (AvgIpc) is 2.86. The van der Waals surface area contributed by atoms with Crippen LogP contribution in [0.15, 0.2) is 76.7 Å². The van der Waals surface area contributed by atoms with Crippen LogP contribution in [0.3, 0.4) is 0 Å². The number of fused-ring (bicyclic) bond motifs is 1. The summed E-state index contributed by atoms with van der Waals surface area (Å²) in [5.74, 6) is 0.438. The van der Waals surface area contributed by atoms with Gasteiger partial charge in [-0.2, -0.15) is 0 Å². The Morgan fingerprint density at radius 1 is 1.09 bits per heavy atom. The van der Waals surface area contributed by atoms with Crippen LogP contribution in [-0.2, 0) is 11.3 Å². The Morgan fingerprint density at radius 2 is 1.80 bits per heavy atom. The number of amides is 1. The molecule has 7 heteroatoms. The van der Waals surface area contributed by atoms with Crippen molar-refractivity contribution >= 4 is 40.2 Å². The first-order valence-corrected chi connectivity index (χ1v) is 13.0. The zero-order chi connectivity index (χ0) is 24.9. The summed E-state index contributed by atoms with van der Waals surface area (Å²) in [5.41, 5.74) is 4.46. The van der Waals surface area contributed by atoms with Gasteiger partial charge in [-0.3, -0.25) is 14.2 Å². The lowest BCUT2D eigenvalue weighted by molar-refractivity contribution is -0.118. The maximum Gasteiger partial charge on any atom is 0.266 e. The number of rotatable bonds is 8. The number of thioether (sulfide) groups is 1. The van der Waals surface area contributed by atoms with Gasteiger partial charge in [0.05, 0.1) is 22.3 Å². The van der Waals surface area contributed by atoms with E-state index >= 15 is 0 Å². The second-order valence-electron chi connectivity index (χ2n) is 8.65. The second kappa shape index (κ2) is 11.1. The first kappa shape index (κ1) is 25.0. The monoisotopic (exact) mass is 505 g/mol. The number of nitrogens with zero attached hydrogens (tertiary/aromatic N) is 2. The molecule has 3 aromatic carbocycles. The van der Waals surface area contributed by atoms with Gasteiger partial charge in [-0.15, -0.1) is 0 Å². The van der Waals surface area contributed by atoms with Crippen LogP contribution in [0.25, 0.3) is 16.6 Å². The molecule has 1 N–H and O–H groups in total. The maximum absolute atomic E-state index is 13.5. The highest BCUT2D eigenvalue weighted by Crippen LogP contribution is 2.25. The number of benzene rings is 3. The summed E-state index contributed by atoms with van der Waals surface area (Å²) in [6, 6.07) is 21.1. The van der Waals surface area contributed by atoms with E-state index in [1.54, 1.807) is 22.8 Å². The topological polar surface area (TPSA) is 64.0 Å². The Balaban J connectivity index is 1.61. The van der Waals surface area contributed by atoms with Crippen molar-refractivity contribution in [1.82, 2.24) is 14.9 Å². The SMILES string of the molecule is CCC(C)c1ccc(-n2c(SCC(=O)NCc3ccc(C)cc3)nc3cc(Cl)ccc3c2=O)cc1. The van der Waals surface area contributed by atoms with Crippen molar-refractivity contribution in [2.75, 3.05) is 5.75 Å². The number of carbonyl (C=O) groups excluding carboxylic acids is 1. The van der Waals surface area contributed by atoms with Crippen molar-refractivity contribution < 1.29 is 4.79 Å². The first-order valence-electron chi connectivity index (χ1n) is 11.6.